The van der Waals surface area contributed by atoms with Crippen molar-refractivity contribution in [1.82, 2.24) is 10.2 Å². The number of sulfonamides is 1. The minimum atomic E-state index is -4.85. The van der Waals surface area contributed by atoms with E-state index in [0.29, 0.717) is 27.5 Å². The molecule has 0 unspecified atom stereocenters. The fourth-order valence-electron chi connectivity index (χ4n) is 3.65. The van der Waals surface area contributed by atoms with Gasteiger partial charge in [0.15, 0.2) is 0 Å². The van der Waals surface area contributed by atoms with Crippen LogP contribution in [0.2, 0.25) is 10.0 Å². The summed E-state index contributed by atoms with van der Waals surface area (Å²) >= 11 is 12.0. The maximum atomic E-state index is 13.6. The summed E-state index contributed by atoms with van der Waals surface area (Å²) in [6.45, 7) is 4.87. The average Bonchev–Trinajstić information content (AvgIpc) is 2.81. The van der Waals surface area contributed by atoms with E-state index in [9.17, 15) is 31.2 Å². The van der Waals surface area contributed by atoms with Crippen molar-refractivity contribution in [3.05, 3.63) is 63.6 Å². The molecule has 0 fully saturated rings. The molecule has 2 amide bonds. The largest absolute Gasteiger partial charge is 0.417 e. The Hall–Kier alpha value is -2.50. The molecule has 0 saturated heterocycles. The monoisotopic (exact) mass is 595 g/mol. The van der Waals surface area contributed by atoms with Crippen molar-refractivity contribution in [3.63, 3.8) is 0 Å². The first-order valence-corrected chi connectivity index (χ1v) is 14.3. The molecule has 38 heavy (non-hydrogen) atoms. The van der Waals surface area contributed by atoms with Gasteiger partial charge in [-0.1, -0.05) is 62.2 Å². The van der Waals surface area contributed by atoms with Crippen LogP contribution in [0.5, 0.6) is 0 Å². The molecule has 0 bridgehead atoms. The van der Waals surface area contributed by atoms with E-state index < -0.39 is 56.9 Å². The Kier molecular flexibility index (Phi) is 10.9. The first kappa shape index (κ1) is 31.7. The number of carbonyl (C=O) groups is 2. The van der Waals surface area contributed by atoms with E-state index in [0.717, 1.165) is 18.4 Å². The van der Waals surface area contributed by atoms with Crippen molar-refractivity contribution in [1.29, 1.82) is 0 Å². The number of halogens is 5. The minimum absolute atomic E-state index is 0.127. The molecule has 0 radical (unpaired) electrons. The molecule has 2 rings (SSSR count). The average molecular weight is 596 g/mol. The van der Waals surface area contributed by atoms with Crippen molar-refractivity contribution in [3.8, 4) is 0 Å². The van der Waals surface area contributed by atoms with Crippen LogP contribution in [0.4, 0.5) is 18.9 Å². The lowest BCUT2D eigenvalue weighted by atomic mass is 10.1. The lowest BCUT2D eigenvalue weighted by Gasteiger charge is -2.33. The van der Waals surface area contributed by atoms with Crippen LogP contribution in [0.15, 0.2) is 42.5 Å². The van der Waals surface area contributed by atoms with E-state index >= 15 is 0 Å². The van der Waals surface area contributed by atoms with Gasteiger partial charge < -0.3 is 10.2 Å². The second kappa shape index (κ2) is 13.0. The maximum absolute atomic E-state index is 13.6. The van der Waals surface area contributed by atoms with E-state index in [-0.39, 0.29) is 18.9 Å². The lowest BCUT2D eigenvalue weighted by Crippen LogP contribution is -2.52. The van der Waals surface area contributed by atoms with Crippen LogP contribution in [0.3, 0.4) is 0 Å². The molecule has 7 nitrogen and oxygen atoms in total. The van der Waals surface area contributed by atoms with E-state index in [1.54, 1.807) is 31.2 Å². The minimum Gasteiger partial charge on any atom is -0.354 e. The van der Waals surface area contributed by atoms with Gasteiger partial charge in [-0.05, 0) is 42.2 Å². The summed E-state index contributed by atoms with van der Waals surface area (Å²) in [5.74, 6) is -1.11. The molecule has 2 aromatic carbocycles. The summed E-state index contributed by atoms with van der Waals surface area (Å²) in [4.78, 5) is 27.9. The Morgan fingerprint density at radius 3 is 2.21 bits per heavy atom. The standard InChI is InChI=1S/C25H30Cl2F3N3O4S/c1-5-22(24(35)31-13-16(2)3)32(14-17-8-6-7-9-20(17)26)23(34)15-33(38(4,36)37)18-10-11-21(27)19(12-18)25(28,29)30/h6-12,16,22H,5,13-15H2,1-4H3,(H,31,35)/t22-/m1/s1. The first-order valence-electron chi connectivity index (χ1n) is 11.7. The summed E-state index contributed by atoms with van der Waals surface area (Å²) in [5, 5.41) is 2.49. The molecule has 0 saturated carbocycles. The van der Waals surface area contributed by atoms with Crippen LogP contribution in [0.25, 0.3) is 0 Å². The fourth-order valence-corrected chi connectivity index (χ4v) is 4.91. The molecule has 2 aromatic rings. The van der Waals surface area contributed by atoms with Gasteiger partial charge in [0.2, 0.25) is 21.8 Å². The number of alkyl halides is 3. The summed E-state index contributed by atoms with van der Waals surface area (Å²) in [6, 6.07) is 8.22. The second-order valence-corrected chi connectivity index (χ2v) is 11.8. The Bertz CT molecular complexity index is 1260. The number of hydrogen-bond acceptors (Lipinski definition) is 4. The highest BCUT2D eigenvalue weighted by atomic mass is 35.5. The third kappa shape index (κ3) is 8.51. The summed E-state index contributed by atoms with van der Waals surface area (Å²) in [5.41, 5.74) is -1.13. The predicted octanol–water partition coefficient (Wildman–Crippen LogP) is 5.36. The van der Waals surface area contributed by atoms with Crippen molar-refractivity contribution in [2.24, 2.45) is 5.92 Å². The number of rotatable bonds is 11. The first-order chi connectivity index (χ1) is 17.6. The molecule has 1 N–H and O–H groups in total. The summed E-state index contributed by atoms with van der Waals surface area (Å²) < 4.78 is 66.2. The molecule has 0 aliphatic rings. The Balaban J connectivity index is 2.52. The summed E-state index contributed by atoms with van der Waals surface area (Å²) in [6.07, 6.45) is -3.89. The smallest absolute Gasteiger partial charge is 0.354 e. The van der Waals surface area contributed by atoms with Gasteiger partial charge >= 0.3 is 6.18 Å². The van der Waals surface area contributed by atoms with Crippen molar-refractivity contribution in [2.45, 2.75) is 46.0 Å². The van der Waals surface area contributed by atoms with Crippen LogP contribution in [0, 0.1) is 5.92 Å². The number of nitrogens with one attached hydrogen (secondary N) is 1. The van der Waals surface area contributed by atoms with Gasteiger partial charge in [0.05, 0.1) is 22.5 Å². The molecule has 0 aliphatic carbocycles. The van der Waals surface area contributed by atoms with Gasteiger partial charge in [0.1, 0.15) is 12.6 Å². The topological polar surface area (TPSA) is 86.8 Å². The lowest BCUT2D eigenvalue weighted by molar-refractivity contribution is -0.140. The van der Waals surface area contributed by atoms with Gasteiger partial charge in [-0.2, -0.15) is 13.2 Å². The molecule has 1 atom stereocenters. The van der Waals surface area contributed by atoms with Gasteiger partial charge in [-0.15, -0.1) is 0 Å². The van der Waals surface area contributed by atoms with Gasteiger partial charge in [0, 0.05) is 18.1 Å². The van der Waals surface area contributed by atoms with Crippen molar-refractivity contribution >= 4 is 50.7 Å². The van der Waals surface area contributed by atoms with Gasteiger partial charge in [0.25, 0.3) is 0 Å². The normalized spacial score (nSPS) is 12.8. The molecular weight excluding hydrogens is 566 g/mol. The molecule has 0 heterocycles. The molecule has 13 heteroatoms. The van der Waals surface area contributed by atoms with Crippen LogP contribution in [0.1, 0.15) is 38.3 Å². The SMILES string of the molecule is CC[C@H](C(=O)NCC(C)C)N(Cc1ccccc1Cl)C(=O)CN(c1ccc(Cl)c(C(F)(F)F)c1)S(C)(=O)=O. The highest BCUT2D eigenvalue weighted by molar-refractivity contribution is 7.92. The van der Waals surface area contributed by atoms with Crippen LogP contribution < -0.4 is 9.62 Å². The van der Waals surface area contributed by atoms with E-state index in [4.69, 9.17) is 23.2 Å². The maximum Gasteiger partial charge on any atom is 0.417 e. The highest BCUT2D eigenvalue weighted by Gasteiger charge is 2.36. The van der Waals surface area contributed by atoms with Crippen molar-refractivity contribution < 1.29 is 31.2 Å². The second-order valence-electron chi connectivity index (χ2n) is 9.11. The number of hydrogen-bond donors (Lipinski definition) is 1. The van der Waals surface area contributed by atoms with Gasteiger partial charge in [-0.25, -0.2) is 8.42 Å². The number of amides is 2. The van der Waals surface area contributed by atoms with E-state index in [2.05, 4.69) is 5.32 Å². The Labute approximate surface area is 230 Å². The van der Waals surface area contributed by atoms with Crippen molar-refractivity contribution in [2.75, 3.05) is 23.7 Å². The number of benzene rings is 2. The molecule has 0 aromatic heterocycles. The van der Waals surface area contributed by atoms with Gasteiger partial charge in [-0.3, -0.25) is 13.9 Å². The zero-order valence-corrected chi connectivity index (χ0v) is 23.7. The number of anilines is 1. The predicted molar refractivity (Wildman–Crippen MR) is 143 cm³/mol. The molecule has 0 spiro atoms. The van der Waals surface area contributed by atoms with Crippen LogP contribution in [-0.2, 0) is 32.3 Å². The zero-order valence-electron chi connectivity index (χ0n) is 21.4. The van der Waals surface area contributed by atoms with E-state index in [1.165, 1.54) is 4.90 Å². The molecule has 210 valence electrons. The highest BCUT2D eigenvalue weighted by Crippen LogP contribution is 2.37. The number of nitrogens with zero attached hydrogens (tertiary/aromatic N) is 2. The third-order valence-corrected chi connectivity index (χ3v) is 7.43. The number of carbonyl (C=O) groups excluding carboxylic acids is 2. The quantitative estimate of drug-likeness (QED) is 0.379. The van der Waals surface area contributed by atoms with Crippen LogP contribution >= 0.6 is 23.2 Å². The zero-order chi connectivity index (χ0) is 28.8. The summed E-state index contributed by atoms with van der Waals surface area (Å²) in [7, 11) is -4.23. The van der Waals surface area contributed by atoms with Crippen LogP contribution in [-0.4, -0.2) is 50.5 Å². The Morgan fingerprint density at radius 1 is 1.05 bits per heavy atom. The fraction of sp³-hybridized carbons (Fsp3) is 0.440. The molecular formula is C25H30Cl2F3N3O4S. The molecule has 0 aliphatic heterocycles. The third-order valence-electron chi connectivity index (χ3n) is 5.59. The van der Waals surface area contributed by atoms with E-state index in [1.807, 2.05) is 13.8 Å². The Morgan fingerprint density at radius 2 is 1.68 bits per heavy atom.